The first kappa shape index (κ1) is 15.7. The summed E-state index contributed by atoms with van der Waals surface area (Å²) in [5, 5.41) is 14.9. The van der Waals surface area contributed by atoms with E-state index in [9.17, 15) is 5.11 Å². The summed E-state index contributed by atoms with van der Waals surface area (Å²) in [5.74, 6) is 0. The molecule has 6 heteroatoms. The molecule has 2 aromatic rings. The van der Waals surface area contributed by atoms with Gasteiger partial charge in [0.1, 0.15) is 0 Å². The van der Waals surface area contributed by atoms with Gasteiger partial charge in [-0.25, -0.2) is 0 Å². The highest BCUT2D eigenvalue weighted by Gasteiger charge is 2.12. The first-order valence-corrected chi connectivity index (χ1v) is 7.31. The van der Waals surface area contributed by atoms with Crippen molar-refractivity contribution in [1.82, 2.24) is 0 Å². The van der Waals surface area contributed by atoms with Crippen molar-refractivity contribution in [2.75, 3.05) is 11.9 Å². The van der Waals surface area contributed by atoms with Crippen LogP contribution in [0.1, 0.15) is 11.7 Å². The fourth-order valence-corrected chi connectivity index (χ4v) is 2.60. The molecule has 0 radical (unpaired) electrons. The lowest BCUT2D eigenvalue weighted by atomic mass is 10.1. The summed E-state index contributed by atoms with van der Waals surface area (Å²) in [6.07, 6.45) is -0.755. The third kappa shape index (κ3) is 3.72. The van der Waals surface area contributed by atoms with E-state index in [0.29, 0.717) is 31.3 Å². The molecule has 2 rings (SSSR count). The van der Waals surface area contributed by atoms with Crippen LogP contribution >= 0.6 is 46.4 Å². The van der Waals surface area contributed by atoms with E-state index in [4.69, 9.17) is 46.4 Å². The van der Waals surface area contributed by atoms with Gasteiger partial charge in [-0.3, -0.25) is 0 Å². The van der Waals surface area contributed by atoms with E-state index < -0.39 is 6.10 Å². The Hall–Kier alpha value is -0.640. The van der Waals surface area contributed by atoms with Crippen molar-refractivity contribution < 1.29 is 5.11 Å². The Balaban J connectivity index is 2.09. The van der Waals surface area contributed by atoms with Gasteiger partial charge in [0, 0.05) is 17.1 Å². The van der Waals surface area contributed by atoms with Gasteiger partial charge in [-0.15, -0.1) is 0 Å². The summed E-state index contributed by atoms with van der Waals surface area (Å²) in [6.45, 7) is 0.251. The minimum atomic E-state index is -0.755. The fourth-order valence-electron chi connectivity index (χ4n) is 1.72. The zero-order valence-corrected chi connectivity index (χ0v) is 13.2. The van der Waals surface area contributed by atoms with Crippen LogP contribution in [0.5, 0.6) is 0 Å². The molecule has 0 aliphatic carbocycles. The van der Waals surface area contributed by atoms with E-state index in [-0.39, 0.29) is 6.54 Å². The molecule has 2 nitrogen and oxygen atoms in total. The number of aliphatic hydroxyl groups is 1. The van der Waals surface area contributed by atoms with Crippen LogP contribution in [-0.4, -0.2) is 11.7 Å². The van der Waals surface area contributed by atoms with Crippen LogP contribution in [0.15, 0.2) is 36.4 Å². The lowest BCUT2D eigenvalue weighted by molar-refractivity contribution is 0.192. The van der Waals surface area contributed by atoms with E-state index in [1.807, 2.05) is 12.1 Å². The second-order valence-corrected chi connectivity index (χ2v) is 5.79. The van der Waals surface area contributed by atoms with Gasteiger partial charge in [0.15, 0.2) is 0 Å². The Morgan fingerprint density at radius 3 is 2.25 bits per heavy atom. The van der Waals surface area contributed by atoms with Crippen LogP contribution in [0.4, 0.5) is 5.69 Å². The van der Waals surface area contributed by atoms with Crippen molar-refractivity contribution in [2.45, 2.75) is 6.10 Å². The Bertz CT molecular complexity index is 618. The summed E-state index contributed by atoms with van der Waals surface area (Å²) < 4.78 is 0. The van der Waals surface area contributed by atoms with Gasteiger partial charge in [0.05, 0.1) is 26.9 Å². The van der Waals surface area contributed by atoms with E-state index in [0.717, 1.165) is 0 Å². The molecule has 2 aromatic carbocycles. The molecule has 2 N–H and O–H groups in total. The first-order valence-electron chi connectivity index (χ1n) is 5.80. The van der Waals surface area contributed by atoms with Gasteiger partial charge in [0.2, 0.25) is 0 Å². The Labute approximate surface area is 137 Å². The lowest BCUT2D eigenvalue weighted by Gasteiger charge is -2.15. The van der Waals surface area contributed by atoms with Crippen LogP contribution in [0, 0.1) is 0 Å². The number of halogens is 4. The molecule has 0 bridgehead atoms. The third-order valence-corrected chi connectivity index (χ3v) is 4.14. The Morgan fingerprint density at radius 2 is 1.55 bits per heavy atom. The summed E-state index contributed by atoms with van der Waals surface area (Å²) >= 11 is 23.9. The Kier molecular flexibility index (Phi) is 5.42. The van der Waals surface area contributed by atoms with E-state index in [1.165, 1.54) is 0 Å². The molecule has 106 valence electrons. The highest BCUT2D eigenvalue weighted by molar-refractivity contribution is 6.44. The quantitative estimate of drug-likeness (QED) is 0.719. The molecule has 0 fully saturated rings. The minimum Gasteiger partial charge on any atom is -0.387 e. The molecule has 0 spiro atoms. The number of benzene rings is 2. The van der Waals surface area contributed by atoms with Crippen LogP contribution in [-0.2, 0) is 0 Å². The predicted molar refractivity (Wildman–Crippen MR) is 86.4 cm³/mol. The molecule has 0 saturated heterocycles. The molecule has 0 aliphatic rings. The number of rotatable bonds is 4. The standard InChI is InChI=1S/C14H11Cl4NO/c15-9-4-2-1-3-8(9)14(20)7-19-13-6-11(17)10(16)5-12(13)18/h1-6,14,19-20H,7H2. The number of anilines is 1. The molecule has 0 aliphatic heterocycles. The number of hydrogen-bond acceptors (Lipinski definition) is 2. The average Bonchev–Trinajstić information content (AvgIpc) is 2.41. The van der Waals surface area contributed by atoms with Gasteiger partial charge in [-0.05, 0) is 18.2 Å². The number of aliphatic hydroxyl groups excluding tert-OH is 1. The lowest BCUT2D eigenvalue weighted by Crippen LogP contribution is -2.12. The normalized spacial score (nSPS) is 12.2. The fraction of sp³-hybridized carbons (Fsp3) is 0.143. The van der Waals surface area contributed by atoms with Crippen LogP contribution < -0.4 is 5.32 Å². The van der Waals surface area contributed by atoms with Gasteiger partial charge in [0.25, 0.3) is 0 Å². The maximum absolute atomic E-state index is 10.1. The Morgan fingerprint density at radius 1 is 0.900 bits per heavy atom. The summed E-state index contributed by atoms with van der Waals surface area (Å²) in [7, 11) is 0. The summed E-state index contributed by atoms with van der Waals surface area (Å²) in [6, 6.07) is 10.3. The highest BCUT2D eigenvalue weighted by Crippen LogP contribution is 2.32. The molecule has 20 heavy (non-hydrogen) atoms. The molecular formula is C14H11Cl4NO. The minimum absolute atomic E-state index is 0.251. The molecule has 1 unspecified atom stereocenters. The van der Waals surface area contributed by atoms with Gasteiger partial charge < -0.3 is 10.4 Å². The second-order valence-electron chi connectivity index (χ2n) is 4.16. The molecule has 0 aromatic heterocycles. The third-order valence-electron chi connectivity index (χ3n) is 2.76. The summed E-state index contributed by atoms with van der Waals surface area (Å²) in [5.41, 5.74) is 1.25. The average molecular weight is 351 g/mol. The van der Waals surface area contributed by atoms with Crippen molar-refractivity contribution in [3.63, 3.8) is 0 Å². The first-order chi connectivity index (χ1) is 9.49. The molecule has 0 saturated carbocycles. The van der Waals surface area contributed by atoms with Gasteiger partial charge in [-0.2, -0.15) is 0 Å². The zero-order valence-electron chi connectivity index (χ0n) is 10.2. The summed E-state index contributed by atoms with van der Waals surface area (Å²) in [4.78, 5) is 0. The number of nitrogens with one attached hydrogen (secondary N) is 1. The van der Waals surface area contributed by atoms with Gasteiger partial charge >= 0.3 is 0 Å². The smallest absolute Gasteiger partial charge is 0.0976 e. The number of hydrogen-bond donors (Lipinski definition) is 2. The largest absolute Gasteiger partial charge is 0.387 e. The SMILES string of the molecule is OC(CNc1cc(Cl)c(Cl)cc1Cl)c1ccccc1Cl. The topological polar surface area (TPSA) is 32.3 Å². The maximum Gasteiger partial charge on any atom is 0.0976 e. The predicted octanol–water partition coefficient (Wildman–Crippen LogP) is 5.45. The van der Waals surface area contributed by atoms with E-state index in [2.05, 4.69) is 5.32 Å². The van der Waals surface area contributed by atoms with Crippen molar-refractivity contribution in [3.05, 3.63) is 62.1 Å². The van der Waals surface area contributed by atoms with Crippen molar-refractivity contribution in [3.8, 4) is 0 Å². The van der Waals surface area contributed by atoms with Crippen molar-refractivity contribution in [1.29, 1.82) is 0 Å². The van der Waals surface area contributed by atoms with Crippen molar-refractivity contribution in [2.24, 2.45) is 0 Å². The van der Waals surface area contributed by atoms with E-state index >= 15 is 0 Å². The highest BCUT2D eigenvalue weighted by atomic mass is 35.5. The zero-order chi connectivity index (χ0) is 14.7. The van der Waals surface area contributed by atoms with E-state index in [1.54, 1.807) is 24.3 Å². The monoisotopic (exact) mass is 349 g/mol. The molecular weight excluding hydrogens is 340 g/mol. The van der Waals surface area contributed by atoms with Crippen molar-refractivity contribution >= 4 is 52.1 Å². The molecule has 1 atom stereocenters. The van der Waals surface area contributed by atoms with Crippen LogP contribution in [0.2, 0.25) is 20.1 Å². The second kappa shape index (κ2) is 6.88. The van der Waals surface area contributed by atoms with Gasteiger partial charge in [-0.1, -0.05) is 64.6 Å². The maximum atomic E-state index is 10.1. The molecule has 0 amide bonds. The van der Waals surface area contributed by atoms with Crippen LogP contribution in [0.25, 0.3) is 0 Å². The van der Waals surface area contributed by atoms with Crippen LogP contribution in [0.3, 0.4) is 0 Å². The molecule has 0 heterocycles.